The summed E-state index contributed by atoms with van der Waals surface area (Å²) in [6, 6.07) is 4.02. The van der Waals surface area contributed by atoms with Gasteiger partial charge in [-0.25, -0.2) is 4.68 Å². The smallest absolute Gasteiger partial charge is 0.233 e. The number of hydrogen-bond donors (Lipinski definition) is 0. The van der Waals surface area contributed by atoms with Crippen molar-refractivity contribution in [1.29, 1.82) is 0 Å². The molecule has 1 unspecified atom stereocenters. The van der Waals surface area contributed by atoms with E-state index in [0.717, 1.165) is 63.5 Å². The Morgan fingerprint density at radius 3 is 2.62 bits per heavy atom. The topological polar surface area (TPSA) is 80.0 Å². The molecule has 2 aromatic heterocycles. The normalized spacial score (nSPS) is 21.2. The van der Waals surface area contributed by atoms with Crippen molar-refractivity contribution >= 4 is 11.6 Å². The van der Waals surface area contributed by atoms with Gasteiger partial charge in [0.2, 0.25) is 5.91 Å². The second kappa shape index (κ2) is 6.54. The van der Waals surface area contributed by atoms with Crippen LogP contribution in [-0.4, -0.2) is 62.2 Å². The number of pyridine rings is 1. The molecule has 1 amide bonds. The van der Waals surface area contributed by atoms with E-state index in [-0.39, 0.29) is 11.8 Å². The van der Waals surface area contributed by atoms with Crippen molar-refractivity contribution in [2.45, 2.75) is 31.7 Å². The first-order valence-electron chi connectivity index (χ1n) is 8.53. The maximum absolute atomic E-state index is 13.0. The van der Waals surface area contributed by atoms with Gasteiger partial charge in [0.05, 0.1) is 5.92 Å². The molecule has 0 N–H and O–H groups in total. The maximum Gasteiger partial charge on any atom is 0.233 e. The highest BCUT2D eigenvalue weighted by Crippen LogP contribution is 2.27. The van der Waals surface area contributed by atoms with Gasteiger partial charge in [-0.2, -0.15) is 0 Å². The van der Waals surface area contributed by atoms with E-state index in [9.17, 15) is 4.79 Å². The van der Waals surface area contributed by atoms with Crippen LogP contribution in [-0.2, 0) is 11.3 Å². The third kappa shape index (κ3) is 2.83. The standard InChI is InChI=1S/C16H21N7O/c24-16(14-3-1-2-8-23-15(14)18-19-20-23)22-11-9-21(10-12-22)13-4-6-17-7-5-13/h4-7,14H,1-3,8-12H2. The molecule has 0 saturated carbocycles. The summed E-state index contributed by atoms with van der Waals surface area (Å²) in [4.78, 5) is 21.3. The van der Waals surface area contributed by atoms with Gasteiger partial charge in [-0.15, -0.1) is 5.10 Å². The second-order valence-corrected chi connectivity index (χ2v) is 6.33. The monoisotopic (exact) mass is 327 g/mol. The highest BCUT2D eigenvalue weighted by molar-refractivity contribution is 5.83. The molecule has 0 aliphatic carbocycles. The second-order valence-electron chi connectivity index (χ2n) is 6.33. The van der Waals surface area contributed by atoms with Gasteiger partial charge in [-0.1, -0.05) is 6.42 Å². The average molecular weight is 327 g/mol. The number of carbonyl (C=O) groups is 1. The number of amides is 1. The lowest BCUT2D eigenvalue weighted by Gasteiger charge is -2.37. The van der Waals surface area contributed by atoms with Crippen LogP contribution in [0.3, 0.4) is 0 Å². The molecule has 1 atom stereocenters. The summed E-state index contributed by atoms with van der Waals surface area (Å²) >= 11 is 0. The van der Waals surface area contributed by atoms with Crippen LogP contribution in [0.15, 0.2) is 24.5 Å². The van der Waals surface area contributed by atoms with Crippen LogP contribution in [0.4, 0.5) is 5.69 Å². The lowest BCUT2D eigenvalue weighted by Crippen LogP contribution is -2.50. The Morgan fingerprint density at radius 2 is 1.83 bits per heavy atom. The zero-order valence-electron chi connectivity index (χ0n) is 13.6. The third-order valence-corrected chi connectivity index (χ3v) is 4.90. The molecule has 0 radical (unpaired) electrons. The van der Waals surface area contributed by atoms with Gasteiger partial charge in [-0.05, 0) is 35.4 Å². The zero-order valence-corrected chi connectivity index (χ0v) is 13.6. The first-order valence-corrected chi connectivity index (χ1v) is 8.53. The fraction of sp³-hybridized carbons (Fsp3) is 0.562. The molecule has 24 heavy (non-hydrogen) atoms. The van der Waals surface area contributed by atoms with Crippen molar-refractivity contribution in [2.24, 2.45) is 0 Å². The summed E-state index contributed by atoms with van der Waals surface area (Å²) in [6.07, 6.45) is 6.50. The SMILES string of the molecule is O=C(C1CCCCn2nnnc21)N1CCN(c2ccncc2)CC1. The van der Waals surface area contributed by atoms with E-state index in [4.69, 9.17) is 0 Å². The molecule has 2 aliphatic heterocycles. The first kappa shape index (κ1) is 15.0. The molecule has 8 heteroatoms. The number of aromatic nitrogens is 5. The number of nitrogens with zero attached hydrogens (tertiary/aromatic N) is 7. The molecule has 0 spiro atoms. The van der Waals surface area contributed by atoms with Gasteiger partial charge >= 0.3 is 0 Å². The molecule has 4 heterocycles. The van der Waals surface area contributed by atoms with Crippen LogP contribution in [0, 0.1) is 0 Å². The molecular weight excluding hydrogens is 306 g/mol. The number of hydrogen-bond acceptors (Lipinski definition) is 6. The number of carbonyl (C=O) groups excluding carboxylic acids is 1. The summed E-state index contributed by atoms with van der Waals surface area (Å²) < 4.78 is 1.79. The molecule has 8 nitrogen and oxygen atoms in total. The number of aryl methyl sites for hydroxylation is 1. The molecule has 1 saturated heterocycles. The van der Waals surface area contributed by atoms with Crippen molar-refractivity contribution in [3.8, 4) is 0 Å². The third-order valence-electron chi connectivity index (χ3n) is 4.90. The Bertz CT molecular complexity index is 693. The molecule has 0 bridgehead atoms. The quantitative estimate of drug-likeness (QED) is 0.807. The maximum atomic E-state index is 13.0. The fourth-order valence-electron chi connectivity index (χ4n) is 3.55. The van der Waals surface area contributed by atoms with E-state index >= 15 is 0 Å². The minimum absolute atomic E-state index is 0.169. The van der Waals surface area contributed by atoms with Gasteiger partial charge in [0.1, 0.15) is 0 Å². The van der Waals surface area contributed by atoms with Crippen molar-refractivity contribution in [3.05, 3.63) is 30.4 Å². The molecule has 2 aromatic rings. The highest BCUT2D eigenvalue weighted by atomic mass is 16.2. The summed E-state index contributed by atoms with van der Waals surface area (Å²) in [7, 11) is 0. The Hall–Kier alpha value is -2.51. The Kier molecular flexibility index (Phi) is 4.10. The molecule has 126 valence electrons. The summed E-state index contributed by atoms with van der Waals surface area (Å²) in [5, 5.41) is 11.9. The fourth-order valence-corrected chi connectivity index (χ4v) is 3.55. The van der Waals surface area contributed by atoms with Crippen molar-refractivity contribution in [2.75, 3.05) is 31.1 Å². The lowest BCUT2D eigenvalue weighted by atomic mass is 10.0. The van der Waals surface area contributed by atoms with Gasteiger partial charge in [0.15, 0.2) is 5.82 Å². The van der Waals surface area contributed by atoms with E-state index in [2.05, 4.69) is 25.4 Å². The zero-order chi connectivity index (χ0) is 16.4. The molecular formula is C16H21N7O. The van der Waals surface area contributed by atoms with Gasteiger partial charge in [-0.3, -0.25) is 9.78 Å². The first-order chi connectivity index (χ1) is 11.8. The summed E-state index contributed by atoms with van der Waals surface area (Å²) in [5.74, 6) is 0.700. The van der Waals surface area contributed by atoms with Gasteiger partial charge < -0.3 is 9.80 Å². The van der Waals surface area contributed by atoms with Crippen LogP contribution >= 0.6 is 0 Å². The Morgan fingerprint density at radius 1 is 1.04 bits per heavy atom. The minimum Gasteiger partial charge on any atom is -0.368 e. The number of piperazine rings is 1. The van der Waals surface area contributed by atoms with E-state index in [1.54, 1.807) is 17.1 Å². The lowest BCUT2D eigenvalue weighted by molar-refractivity contribution is -0.133. The van der Waals surface area contributed by atoms with E-state index in [0.29, 0.717) is 0 Å². The Labute approximate surface area is 140 Å². The van der Waals surface area contributed by atoms with Gasteiger partial charge in [0, 0.05) is 50.8 Å². The van der Waals surface area contributed by atoms with Crippen LogP contribution in [0.25, 0.3) is 0 Å². The van der Waals surface area contributed by atoms with Crippen LogP contribution in [0.5, 0.6) is 0 Å². The van der Waals surface area contributed by atoms with E-state index < -0.39 is 0 Å². The number of fused-ring (bicyclic) bond motifs is 1. The van der Waals surface area contributed by atoms with E-state index in [1.807, 2.05) is 17.0 Å². The van der Waals surface area contributed by atoms with Gasteiger partial charge in [0.25, 0.3) is 0 Å². The summed E-state index contributed by atoms with van der Waals surface area (Å²) in [5.41, 5.74) is 1.16. The predicted octanol–water partition coefficient (Wildman–Crippen LogP) is 0.684. The molecule has 4 rings (SSSR count). The predicted molar refractivity (Wildman–Crippen MR) is 87.4 cm³/mol. The largest absolute Gasteiger partial charge is 0.368 e. The van der Waals surface area contributed by atoms with Crippen molar-refractivity contribution < 1.29 is 4.79 Å². The van der Waals surface area contributed by atoms with E-state index in [1.165, 1.54) is 0 Å². The highest BCUT2D eigenvalue weighted by Gasteiger charge is 2.33. The number of rotatable bonds is 2. The molecule has 0 aromatic carbocycles. The van der Waals surface area contributed by atoms with Crippen LogP contribution in [0.2, 0.25) is 0 Å². The van der Waals surface area contributed by atoms with Crippen LogP contribution < -0.4 is 4.90 Å². The van der Waals surface area contributed by atoms with Crippen molar-refractivity contribution in [3.63, 3.8) is 0 Å². The van der Waals surface area contributed by atoms with Crippen molar-refractivity contribution in [1.82, 2.24) is 30.1 Å². The number of tetrazole rings is 1. The summed E-state index contributed by atoms with van der Waals surface area (Å²) in [6.45, 7) is 3.96. The van der Waals surface area contributed by atoms with Crippen LogP contribution in [0.1, 0.15) is 31.0 Å². The molecule has 2 aliphatic rings. The Balaban J connectivity index is 1.44. The minimum atomic E-state index is -0.199. The average Bonchev–Trinajstić information content (AvgIpc) is 3.01. The molecule has 1 fully saturated rings. The number of anilines is 1.